The first-order valence-electron chi connectivity index (χ1n) is 9.79. The van der Waals surface area contributed by atoms with E-state index in [1.165, 1.54) is 0 Å². The quantitative estimate of drug-likeness (QED) is 0.546. The maximum Gasteiger partial charge on any atom is 0.262 e. The summed E-state index contributed by atoms with van der Waals surface area (Å²) in [4.78, 5) is 12.2. The molecule has 0 fully saturated rings. The number of ether oxygens (including phenoxy) is 3. The number of H-pyrrole nitrogens is 1. The molecule has 3 aromatic rings. The maximum atomic E-state index is 12.2. The zero-order valence-corrected chi connectivity index (χ0v) is 17.5. The number of nitrogens with two attached hydrogens (primary N) is 1. The van der Waals surface area contributed by atoms with Crippen molar-refractivity contribution in [3.05, 3.63) is 76.8 Å². The second kappa shape index (κ2) is 8.73. The molecule has 2 aromatic carbocycles. The zero-order chi connectivity index (χ0) is 22.7. The monoisotopic (exact) mass is 431 g/mol. The van der Waals surface area contributed by atoms with Gasteiger partial charge in [-0.3, -0.25) is 9.89 Å². The second-order valence-corrected chi connectivity index (χ2v) is 7.13. The number of hydrogen-bond donors (Lipinski definition) is 3. The van der Waals surface area contributed by atoms with E-state index in [9.17, 15) is 10.1 Å². The molecule has 0 aliphatic carbocycles. The Balaban J connectivity index is 1.46. The summed E-state index contributed by atoms with van der Waals surface area (Å²) in [6.07, 6.45) is 0. The van der Waals surface area contributed by atoms with E-state index in [2.05, 4.69) is 21.6 Å². The van der Waals surface area contributed by atoms with Crippen molar-refractivity contribution >= 4 is 11.6 Å². The Hall–Kier alpha value is -4.45. The van der Waals surface area contributed by atoms with E-state index in [0.717, 1.165) is 16.8 Å². The van der Waals surface area contributed by atoms with Gasteiger partial charge < -0.3 is 25.3 Å². The molecule has 1 aliphatic heterocycles. The minimum absolute atomic E-state index is 0.0334. The number of aromatic nitrogens is 2. The number of benzene rings is 2. The number of hydrogen-bond acceptors (Lipinski definition) is 7. The highest BCUT2D eigenvalue weighted by molar-refractivity contribution is 5.92. The van der Waals surface area contributed by atoms with E-state index < -0.39 is 5.92 Å². The number of nitriles is 1. The average molecular weight is 431 g/mol. The van der Waals surface area contributed by atoms with Crippen LogP contribution in [0.5, 0.6) is 17.4 Å². The molecular weight excluding hydrogens is 410 g/mol. The smallest absolute Gasteiger partial charge is 0.262 e. The van der Waals surface area contributed by atoms with E-state index in [-0.39, 0.29) is 18.4 Å². The van der Waals surface area contributed by atoms with Crippen LogP contribution in [0.2, 0.25) is 0 Å². The van der Waals surface area contributed by atoms with Crippen LogP contribution in [0.25, 0.3) is 0 Å². The van der Waals surface area contributed by atoms with Gasteiger partial charge in [0.15, 0.2) is 6.61 Å². The number of carbonyl (C=O) groups excluding carboxylic acids is 1. The fourth-order valence-electron chi connectivity index (χ4n) is 3.54. The van der Waals surface area contributed by atoms with Crippen LogP contribution < -0.4 is 25.3 Å². The molecule has 1 atom stereocenters. The number of anilines is 1. The minimum Gasteiger partial charge on any atom is -0.497 e. The van der Waals surface area contributed by atoms with Crippen molar-refractivity contribution < 1.29 is 19.0 Å². The van der Waals surface area contributed by atoms with Gasteiger partial charge in [0, 0.05) is 23.0 Å². The molecule has 162 valence electrons. The highest BCUT2D eigenvalue weighted by Gasteiger charge is 2.34. The van der Waals surface area contributed by atoms with Gasteiger partial charge in [-0.05, 0) is 36.8 Å². The molecule has 1 aliphatic rings. The van der Waals surface area contributed by atoms with Gasteiger partial charge in [-0.15, -0.1) is 5.10 Å². The van der Waals surface area contributed by atoms with Crippen LogP contribution in [0.1, 0.15) is 22.7 Å². The fourth-order valence-corrected chi connectivity index (χ4v) is 3.54. The number of aryl methyl sites for hydroxylation is 1. The Morgan fingerprint density at radius 2 is 2.06 bits per heavy atom. The van der Waals surface area contributed by atoms with Crippen molar-refractivity contribution in [3.8, 4) is 23.4 Å². The van der Waals surface area contributed by atoms with Crippen molar-refractivity contribution in [2.45, 2.75) is 12.8 Å². The third kappa shape index (κ3) is 4.06. The third-order valence-corrected chi connectivity index (χ3v) is 5.07. The molecular formula is C23H21N5O4. The number of amides is 1. The van der Waals surface area contributed by atoms with Crippen LogP contribution in [0.15, 0.2) is 60.0 Å². The van der Waals surface area contributed by atoms with E-state index in [4.69, 9.17) is 19.9 Å². The first-order chi connectivity index (χ1) is 15.5. The fraction of sp³-hybridized carbons (Fsp3) is 0.174. The van der Waals surface area contributed by atoms with Crippen LogP contribution >= 0.6 is 0 Å². The van der Waals surface area contributed by atoms with E-state index in [1.807, 2.05) is 19.1 Å². The Bertz CT molecular complexity index is 1220. The lowest BCUT2D eigenvalue weighted by Gasteiger charge is -2.23. The summed E-state index contributed by atoms with van der Waals surface area (Å²) in [5.74, 6) is 0.849. The Kier molecular flexibility index (Phi) is 5.68. The van der Waals surface area contributed by atoms with E-state index >= 15 is 0 Å². The number of fused-ring (bicyclic) bond motifs is 1. The topological polar surface area (TPSA) is 135 Å². The second-order valence-electron chi connectivity index (χ2n) is 7.13. The number of nitrogens with zero attached hydrogens (tertiary/aromatic N) is 2. The molecule has 1 amide bonds. The molecule has 9 heteroatoms. The summed E-state index contributed by atoms with van der Waals surface area (Å²) in [5.41, 5.74) is 9.25. The molecule has 9 nitrogen and oxygen atoms in total. The number of nitrogens with one attached hydrogen (secondary N) is 2. The maximum absolute atomic E-state index is 12.2. The predicted molar refractivity (Wildman–Crippen MR) is 116 cm³/mol. The van der Waals surface area contributed by atoms with Gasteiger partial charge in [-0.1, -0.05) is 18.2 Å². The van der Waals surface area contributed by atoms with Crippen molar-refractivity contribution in [2.24, 2.45) is 5.73 Å². The zero-order valence-electron chi connectivity index (χ0n) is 17.5. The van der Waals surface area contributed by atoms with Crippen LogP contribution in [0, 0.1) is 18.3 Å². The summed E-state index contributed by atoms with van der Waals surface area (Å²) in [7, 11) is 1.56. The number of rotatable bonds is 6. The lowest BCUT2D eigenvalue weighted by Crippen LogP contribution is -2.21. The highest BCUT2D eigenvalue weighted by atomic mass is 16.5. The van der Waals surface area contributed by atoms with Gasteiger partial charge in [0.25, 0.3) is 5.91 Å². The van der Waals surface area contributed by atoms with Crippen LogP contribution in [-0.2, 0) is 4.79 Å². The number of methoxy groups -OCH3 is 1. The lowest BCUT2D eigenvalue weighted by atomic mass is 9.84. The summed E-state index contributed by atoms with van der Waals surface area (Å²) in [5, 5.41) is 19.4. The summed E-state index contributed by atoms with van der Waals surface area (Å²) in [6, 6.07) is 16.3. The largest absolute Gasteiger partial charge is 0.497 e. The standard InChI is InChI=1S/C23H21N5O4/c1-13-20-21(18(11-24)22(25)32-23(20)28-27-13)14-6-8-16(9-7-14)31-12-19(29)26-15-4-3-5-17(10-15)30-2/h3-10,21H,12,25H2,1-2H3,(H,26,29)(H,27,28). The van der Waals surface area contributed by atoms with Crippen LogP contribution in [0.4, 0.5) is 5.69 Å². The van der Waals surface area contributed by atoms with Crippen LogP contribution in [-0.4, -0.2) is 29.8 Å². The summed E-state index contributed by atoms with van der Waals surface area (Å²) >= 11 is 0. The lowest BCUT2D eigenvalue weighted by molar-refractivity contribution is -0.118. The summed E-state index contributed by atoms with van der Waals surface area (Å²) in [6.45, 7) is 1.70. The summed E-state index contributed by atoms with van der Waals surface area (Å²) < 4.78 is 16.2. The van der Waals surface area contributed by atoms with Gasteiger partial charge in [-0.25, -0.2) is 0 Å². The molecule has 32 heavy (non-hydrogen) atoms. The van der Waals surface area contributed by atoms with E-state index in [1.54, 1.807) is 43.5 Å². The van der Waals surface area contributed by atoms with Gasteiger partial charge in [0.2, 0.25) is 11.8 Å². The number of allylic oxidation sites excluding steroid dienone is 1. The SMILES string of the molecule is COc1cccc(NC(=O)COc2ccc(C3C(C#N)=C(N)Oc4n[nH]c(C)c43)cc2)c1. The molecule has 2 heterocycles. The Labute approximate surface area is 184 Å². The van der Waals surface area contributed by atoms with Gasteiger partial charge in [-0.2, -0.15) is 5.26 Å². The van der Waals surface area contributed by atoms with Crippen molar-refractivity contribution in [2.75, 3.05) is 19.0 Å². The van der Waals surface area contributed by atoms with Gasteiger partial charge in [0.05, 0.1) is 13.0 Å². The minimum atomic E-state index is -0.409. The molecule has 0 saturated carbocycles. The molecule has 4 N–H and O–H groups in total. The van der Waals surface area contributed by atoms with Crippen molar-refractivity contribution in [1.29, 1.82) is 5.26 Å². The first-order valence-corrected chi connectivity index (χ1v) is 9.79. The predicted octanol–water partition coefficient (Wildman–Crippen LogP) is 2.96. The van der Waals surface area contributed by atoms with Crippen molar-refractivity contribution in [1.82, 2.24) is 10.2 Å². The van der Waals surface area contributed by atoms with Crippen molar-refractivity contribution in [3.63, 3.8) is 0 Å². The molecule has 0 radical (unpaired) electrons. The van der Waals surface area contributed by atoms with Gasteiger partial charge >= 0.3 is 0 Å². The van der Waals surface area contributed by atoms with Crippen LogP contribution in [0.3, 0.4) is 0 Å². The Morgan fingerprint density at radius 1 is 1.28 bits per heavy atom. The van der Waals surface area contributed by atoms with E-state index in [0.29, 0.717) is 28.6 Å². The molecule has 1 unspecified atom stereocenters. The molecule has 0 saturated heterocycles. The first kappa shape index (κ1) is 20.8. The normalized spacial score (nSPS) is 14.7. The molecule has 1 aromatic heterocycles. The third-order valence-electron chi connectivity index (χ3n) is 5.07. The molecule has 0 bridgehead atoms. The average Bonchev–Trinajstić information content (AvgIpc) is 3.17. The molecule has 0 spiro atoms. The highest BCUT2D eigenvalue weighted by Crippen LogP contribution is 2.42. The number of aromatic amines is 1. The van der Waals surface area contributed by atoms with Gasteiger partial charge in [0.1, 0.15) is 23.1 Å². The number of carbonyl (C=O) groups is 1. The molecule has 4 rings (SSSR count). The Morgan fingerprint density at radius 3 is 2.78 bits per heavy atom.